The van der Waals surface area contributed by atoms with Crippen LogP contribution in [0, 0.1) is 0 Å². The molecule has 18 heavy (non-hydrogen) atoms. The van der Waals surface area contributed by atoms with Crippen LogP contribution in [-0.4, -0.2) is 20.6 Å². The van der Waals surface area contributed by atoms with Gasteiger partial charge in [0, 0.05) is 25.0 Å². The van der Waals surface area contributed by atoms with Gasteiger partial charge in [-0.05, 0) is 25.1 Å². The molecule has 1 heterocycles. The highest BCUT2D eigenvalue weighted by atomic mass is 16.3. The lowest BCUT2D eigenvalue weighted by Crippen LogP contribution is -2.28. The number of rotatable bonds is 3. The summed E-state index contributed by atoms with van der Waals surface area (Å²) in [7, 11) is 1.87. The number of carbonyl (C=O) groups excluding carboxylic acids is 1. The van der Waals surface area contributed by atoms with Gasteiger partial charge in [0.15, 0.2) is 0 Å². The Hall–Kier alpha value is -2.30. The van der Waals surface area contributed by atoms with Crippen molar-refractivity contribution < 1.29 is 9.90 Å². The topological polar surface area (TPSA) is 67.2 Å². The van der Waals surface area contributed by atoms with Crippen molar-refractivity contribution in [1.82, 2.24) is 14.9 Å². The first-order valence-corrected chi connectivity index (χ1v) is 5.65. The number of aryl methyl sites for hydroxylation is 1. The van der Waals surface area contributed by atoms with E-state index < -0.39 is 0 Å². The maximum Gasteiger partial charge on any atom is 0.251 e. The Kier molecular flexibility index (Phi) is 3.32. The van der Waals surface area contributed by atoms with Crippen molar-refractivity contribution in [3.05, 3.63) is 48.0 Å². The van der Waals surface area contributed by atoms with Gasteiger partial charge in [0.2, 0.25) is 0 Å². The van der Waals surface area contributed by atoms with Crippen LogP contribution in [0.4, 0.5) is 0 Å². The number of hydrogen-bond donors (Lipinski definition) is 2. The number of phenols is 1. The normalized spacial score (nSPS) is 12.1. The fourth-order valence-corrected chi connectivity index (χ4v) is 1.79. The van der Waals surface area contributed by atoms with E-state index in [9.17, 15) is 9.90 Å². The SMILES string of the molecule is CC(NC(=O)c1cccc(O)c1)c1nccn1C. The quantitative estimate of drug-likeness (QED) is 0.863. The van der Waals surface area contributed by atoms with Gasteiger partial charge in [-0.15, -0.1) is 0 Å². The molecule has 0 saturated heterocycles. The molecule has 0 aliphatic rings. The molecule has 1 aromatic carbocycles. The van der Waals surface area contributed by atoms with Crippen molar-refractivity contribution in [2.24, 2.45) is 7.05 Å². The second-order valence-electron chi connectivity index (χ2n) is 4.14. The molecule has 0 aliphatic carbocycles. The zero-order valence-electron chi connectivity index (χ0n) is 10.3. The molecule has 5 heteroatoms. The van der Waals surface area contributed by atoms with Crippen molar-refractivity contribution >= 4 is 5.91 Å². The molecule has 0 fully saturated rings. The molecule has 0 saturated carbocycles. The summed E-state index contributed by atoms with van der Waals surface area (Å²) < 4.78 is 1.85. The zero-order valence-corrected chi connectivity index (χ0v) is 10.3. The van der Waals surface area contributed by atoms with Gasteiger partial charge < -0.3 is 15.0 Å². The molecule has 0 spiro atoms. The van der Waals surface area contributed by atoms with Gasteiger partial charge >= 0.3 is 0 Å². The van der Waals surface area contributed by atoms with Crippen molar-refractivity contribution in [1.29, 1.82) is 0 Å². The van der Waals surface area contributed by atoms with E-state index >= 15 is 0 Å². The standard InChI is InChI=1S/C13H15N3O2/c1-9(12-14-6-7-16(12)2)15-13(18)10-4-3-5-11(17)8-10/h3-9,17H,1-2H3,(H,15,18). The Labute approximate surface area is 105 Å². The molecule has 2 aromatic rings. The van der Waals surface area contributed by atoms with Gasteiger partial charge in [0.25, 0.3) is 5.91 Å². The monoisotopic (exact) mass is 245 g/mol. The minimum absolute atomic E-state index is 0.0762. The molecule has 2 N–H and O–H groups in total. The number of carbonyl (C=O) groups is 1. The minimum Gasteiger partial charge on any atom is -0.508 e. The maximum atomic E-state index is 12.0. The molecular weight excluding hydrogens is 230 g/mol. The zero-order chi connectivity index (χ0) is 13.1. The van der Waals surface area contributed by atoms with E-state index in [1.807, 2.05) is 24.7 Å². The third-order valence-corrected chi connectivity index (χ3v) is 2.70. The number of nitrogens with zero attached hydrogens (tertiary/aromatic N) is 2. The first kappa shape index (κ1) is 12.2. The summed E-state index contributed by atoms with van der Waals surface area (Å²) in [6, 6.07) is 6.05. The fraction of sp³-hybridized carbons (Fsp3) is 0.231. The highest BCUT2D eigenvalue weighted by Crippen LogP contribution is 2.13. The molecule has 1 unspecified atom stereocenters. The van der Waals surface area contributed by atoms with Crippen LogP contribution in [0.5, 0.6) is 5.75 Å². The Balaban J connectivity index is 2.10. The van der Waals surface area contributed by atoms with Crippen LogP contribution in [0.1, 0.15) is 29.1 Å². The number of imidazole rings is 1. The highest BCUT2D eigenvalue weighted by molar-refractivity contribution is 5.94. The highest BCUT2D eigenvalue weighted by Gasteiger charge is 2.14. The number of benzene rings is 1. The summed E-state index contributed by atoms with van der Waals surface area (Å²) in [5, 5.41) is 12.2. The number of amides is 1. The molecular formula is C13H15N3O2. The van der Waals surface area contributed by atoms with Gasteiger partial charge in [-0.1, -0.05) is 6.07 Å². The lowest BCUT2D eigenvalue weighted by atomic mass is 10.2. The second kappa shape index (κ2) is 4.91. The van der Waals surface area contributed by atoms with E-state index in [1.54, 1.807) is 18.3 Å². The maximum absolute atomic E-state index is 12.0. The summed E-state index contributed by atoms with van der Waals surface area (Å²) in [5.41, 5.74) is 0.427. The summed E-state index contributed by atoms with van der Waals surface area (Å²) >= 11 is 0. The van der Waals surface area contributed by atoms with Crippen LogP contribution in [0.3, 0.4) is 0 Å². The van der Waals surface area contributed by atoms with Crippen molar-refractivity contribution in [2.45, 2.75) is 13.0 Å². The lowest BCUT2D eigenvalue weighted by Gasteiger charge is -2.13. The van der Waals surface area contributed by atoms with Gasteiger partial charge in [-0.25, -0.2) is 4.98 Å². The molecule has 5 nitrogen and oxygen atoms in total. The van der Waals surface area contributed by atoms with Crippen LogP contribution in [0.15, 0.2) is 36.7 Å². The van der Waals surface area contributed by atoms with Crippen LogP contribution in [0.2, 0.25) is 0 Å². The Morgan fingerprint density at radius 3 is 2.89 bits per heavy atom. The van der Waals surface area contributed by atoms with Crippen molar-refractivity contribution in [3.63, 3.8) is 0 Å². The van der Waals surface area contributed by atoms with E-state index in [1.165, 1.54) is 12.1 Å². The Morgan fingerprint density at radius 2 is 2.28 bits per heavy atom. The van der Waals surface area contributed by atoms with Crippen LogP contribution in [0.25, 0.3) is 0 Å². The minimum atomic E-state index is -0.235. The predicted octanol–water partition coefficient (Wildman–Crippen LogP) is 1.62. The smallest absolute Gasteiger partial charge is 0.251 e. The van der Waals surface area contributed by atoms with Gasteiger partial charge in [-0.3, -0.25) is 4.79 Å². The summed E-state index contributed by atoms with van der Waals surface area (Å²) in [5.74, 6) is 0.622. The van der Waals surface area contributed by atoms with E-state index in [0.29, 0.717) is 5.56 Å². The number of aromatic nitrogens is 2. The molecule has 0 radical (unpaired) electrons. The molecule has 0 bridgehead atoms. The molecule has 0 aliphatic heterocycles. The third kappa shape index (κ3) is 2.51. The summed E-state index contributed by atoms with van der Waals surface area (Å²) in [6.45, 7) is 1.86. The Bertz CT molecular complexity index is 563. The van der Waals surface area contributed by atoms with Crippen molar-refractivity contribution in [3.8, 4) is 5.75 Å². The van der Waals surface area contributed by atoms with Gasteiger partial charge in [0.1, 0.15) is 11.6 Å². The number of aromatic hydroxyl groups is 1. The number of hydrogen-bond acceptors (Lipinski definition) is 3. The molecule has 1 aromatic heterocycles. The third-order valence-electron chi connectivity index (χ3n) is 2.70. The average molecular weight is 245 g/mol. The van der Waals surface area contributed by atoms with E-state index in [4.69, 9.17) is 0 Å². The first-order valence-electron chi connectivity index (χ1n) is 5.65. The van der Waals surface area contributed by atoms with Gasteiger partial charge in [0.05, 0.1) is 6.04 Å². The van der Waals surface area contributed by atoms with E-state index in [-0.39, 0.29) is 17.7 Å². The molecule has 94 valence electrons. The summed E-state index contributed by atoms with van der Waals surface area (Å²) in [6.07, 6.45) is 3.51. The van der Waals surface area contributed by atoms with Crippen LogP contribution in [-0.2, 0) is 7.05 Å². The van der Waals surface area contributed by atoms with Crippen LogP contribution < -0.4 is 5.32 Å². The fourth-order valence-electron chi connectivity index (χ4n) is 1.79. The number of nitrogens with one attached hydrogen (secondary N) is 1. The first-order chi connectivity index (χ1) is 8.58. The van der Waals surface area contributed by atoms with E-state index in [2.05, 4.69) is 10.3 Å². The van der Waals surface area contributed by atoms with Gasteiger partial charge in [-0.2, -0.15) is 0 Å². The average Bonchev–Trinajstić information content (AvgIpc) is 2.75. The van der Waals surface area contributed by atoms with Crippen molar-refractivity contribution in [2.75, 3.05) is 0 Å². The second-order valence-corrected chi connectivity index (χ2v) is 4.14. The Morgan fingerprint density at radius 1 is 1.50 bits per heavy atom. The molecule has 2 rings (SSSR count). The summed E-state index contributed by atoms with van der Waals surface area (Å²) in [4.78, 5) is 16.1. The predicted molar refractivity (Wildman–Crippen MR) is 67.2 cm³/mol. The van der Waals surface area contributed by atoms with Crippen LogP contribution >= 0.6 is 0 Å². The molecule has 1 atom stereocenters. The number of phenolic OH excluding ortho intramolecular Hbond substituents is 1. The lowest BCUT2D eigenvalue weighted by molar-refractivity contribution is 0.0937. The molecule has 1 amide bonds. The largest absolute Gasteiger partial charge is 0.508 e. The van der Waals surface area contributed by atoms with E-state index in [0.717, 1.165) is 5.82 Å².